The van der Waals surface area contributed by atoms with Crippen LogP contribution in [0, 0.1) is 0 Å². The number of nitrogens with zero attached hydrogens (tertiary/aromatic N) is 2. The number of imidazole rings is 1. The van der Waals surface area contributed by atoms with Gasteiger partial charge >= 0.3 is 0 Å². The standard InChI is InChI=1S/C11H7BrN2O/c12-10-6-13-11-8-2-1-3-9(15)7(8)4-5-14(10)11/h1-6,15H. The van der Waals surface area contributed by atoms with E-state index in [4.69, 9.17) is 0 Å². The second-order valence-electron chi connectivity index (χ2n) is 3.33. The third-order valence-electron chi connectivity index (χ3n) is 2.47. The van der Waals surface area contributed by atoms with Gasteiger partial charge < -0.3 is 5.11 Å². The number of rotatable bonds is 0. The highest BCUT2D eigenvalue weighted by molar-refractivity contribution is 9.10. The molecule has 4 heteroatoms. The van der Waals surface area contributed by atoms with Gasteiger partial charge in [0.15, 0.2) is 0 Å². The SMILES string of the molecule is Oc1cccc2c1ccn1c(Br)cnc21. The summed E-state index contributed by atoms with van der Waals surface area (Å²) in [5.74, 6) is 0.286. The minimum atomic E-state index is 0.286. The van der Waals surface area contributed by atoms with Crippen molar-refractivity contribution in [2.45, 2.75) is 0 Å². The van der Waals surface area contributed by atoms with Crippen molar-refractivity contribution in [1.82, 2.24) is 9.38 Å². The molecule has 0 fully saturated rings. The summed E-state index contributed by atoms with van der Waals surface area (Å²) in [4.78, 5) is 4.29. The molecule has 0 unspecified atom stereocenters. The van der Waals surface area contributed by atoms with E-state index in [9.17, 15) is 5.11 Å². The van der Waals surface area contributed by atoms with Crippen molar-refractivity contribution in [1.29, 1.82) is 0 Å². The predicted molar refractivity (Wildman–Crippen MR) is 62.1 cm³/mol. The van der Waals surface area contributed by atoms with Crippen molar-refractivity contribution in [3.05, 3.63) is 41.3 Å². The first-order valence-corrected chi connectivity index (χ1v) is 5.30. The molecule has 2 heterocycles. The Morgan fingerprint density at radius 1 is 1.20 bits per heavy atom. The molecule has 0 bridgehead atoms. The Morgan fingerprint density at radius 3 is 2.93 bits per heavy atom. The zero-order chi connectivity index (χ0) is 10.4. The molecule has 3 aromatic rings. The topological polar surface area (TPSA) is 37.5 Å². The van der Waals surface area contributed by atoms with E-state index in [1.807, 2.05) is 28.8 Å². The van der Waals surface area contributed by atoms with Crippen LogP contribution in [0.4, 0.5) is 0 Å². The van der Waals surface area contributed by atoms with Crippen LogP contribution in [-0.2, 0) is 0 Å². The van der Waals surface area contributed by atoms with Gasteiger partial charge in [0, 0.05) is 17.0 Å². The molecule has 0 aliphatic rings. The van der Waals surface area contributed by atoms with Crippen LogP contribution >= 0.6 is 15.9 Å². The van der Waals surface area contributed by atoms with E-state index in [-0.39, 0.29) is 5.75 Å². The molecule has 0 saturated carbocycles. The van der Waals surface area contributed by atoms with E-state index in [0.717, 1.165) is 21.0 Å². The number of hydrogen-bond donors (Lipinski definition) is 1. The lowest BCUT2D eigenvalue weighted by Crippen LogP contribution is -1.86. The first-order chi connectivity index (χ1) is 7.27. The summed E-state index contributed by atoms with van der Waals surface area (Å²) in [5, 5.41) is 11.5. The lowest BCUT2D eigenvalue weighted by atomic mass is 10.1. The van der Waals surface area contributed by atoms with Gasteiger partial charge in [0.05, 0.1) is 6.20 Å². The Bertz CT molecular complexity index is 660. The van der Waals surface area contributed by atoms with Gasteiger partial charge in [-0.05, 0) is 28.1 Å². The third-order valence-corrected chi connectivity index (χ3v) is 3.05. The Labute approximate surface area is 94.1 Å². The molecule has 0 spiro atoms. The molecule has 1 N–H and O–H groups in total. The number of hydrogen-bond acceptors (Lipinski definition) is 2. The first-order valence-electron chi connectivity index (χ1n) is 4.50. The van der Waals surface area contributed by atoms with Gasteiger partial charge in [-0.15, -0.1) is 0 Å². The molecule has 0 amide bonds. The van der Waals surface area contributed by atoms with Crippen LogP contribution in [0.1, 0.15) is 0 Å². The summed E-state index contributed by atoms with van der Waals surface area (Å²) in [6, 6.07) is 7.32. The number of phenolic OH excluding ortho intramolecular Hbond substituents is 1. The van der Waals surface area contributed by atoms with Crippen molar-refractivity contribution in [2.75, 3.05) is 0 Å². The van der Waals surface area contributed by atoms with Gasteiger partial charge in [-0.3, -0.25) is 4.40 Å². The highest BCUT2D eigenvalue weighted by Gasteiger charge is 2.06. The van der Waals surface area contributed by atoms with Crippen molar-refractivity contribution in [2.24, 2.45) is 0 Å². The maximum Gasteiger partial charge on any atom is 0.145 e. The monoisotopic (exact) mass is 262 g/mol. The van der Waals surface area contributed by atoms with Gasteiger partial charge in [-0.25, -0.2) is 4.98 Å². The largest absolute Gasteiger partial charge is 0.507 e. The zero-order valence-corrected chi connectivity index (χ0v) is 9.27. The molecule has 15 heavy (non-hydrogen) atoms. The Balaban J connectivity index is 2.61. The van der Waals surface area contributed by atoms with Crippen LogP contribution in [0.25, 0.3) is 16.4 Å². The Morgan fingerprint density at radius 2 is 2.07 bits per heavy atom. The van der Waals surface area contributed by atoms with Crippen molar-refractivity contribution < 1.29 is 5.11 Å². The smallest absolute Gasteiger partial charge is 0.145 e. The van der Waals surface area contributed by atoms with Crippen LogP contribution in [0.5, 0.6) is 5.75 Å². The molecule has 0 atom stereocenters. The van der Waals surface area contributed by atoms with E-state index in [2.05, 4.69) is 20.9 Å². The molecule has 74 valence electrons. The van der Waals surface area contributed by atoms with E-state index < -0.39 is 0 Å². The molecular weight excluding hydrogens is 256 g/mol. The van der Waals surface area contributed by atoms with Crippen molar-refractivity contribution >= 4 is 32.3 Å². The number of pyridine rings is 1. The summed E-state index contributed by atoms with van der Waals surface area (Å²) >= 11 is 3.41. The number of benzene rings is 1. The number of phenols is 1. The third kappa shape index (κ3) is 1.15. The van der Waals surface area contributed by atoms with Gasteiger partial charge in [-0.2, -0.15) is 0 Å². The predicted octanol–water partition coefficient (Wildman–Crippen LogP) is 2.96. The molecule has 0 saturated heterocycles. The highest BCUT2D eigenvalue weighted by atomic mass is 79.9. The van der Waals surface area contributed by atoms with Crippen LogP contribution in [0.3, 0.4) is 0 Å². The molecule has 3 rings (SSSR count). The maximum atomic E-state index is 9.69. The van der Waals surface area contributed by atoms with Crippen molar-refractivity contribution in [3.63, 3.8) is 0 Å². The molecular formula is C11H7BrN2O. The van der Waals surface area contributed by atoms with Crippen LogP contribution in [-0.4, -0.2) is 14.5 Å². The molecule has 3 nitrogen and oxygen atoms in total. The highest BCUT2D eigenvalue weighted by Crippen LogP contribution is 2.28. The number of halogens is 1. The number of aromatic hydroxyl groups is 1. The Kier molecular flexibility index (Phi) is 1.73. The average Bonchev–Trinajstić information content (AvgIpc) is 2.61. The lowest BCUT2D eigenvalue weighted by Gasteiger charge is -2.02. The van der Waals surface area contributed by atoms with E-state index in [0.29, 0.717) is 0 Å². The van der Waals surface area contributed by atoms with Crippen LogP contribution in [0.15, 0.2) is 41.3 Å². The zero-order valence-electron chi connectivity index (χ0n) is 7.68. The minimum absolute atomic E-state index is 0.286. The second kappa shape index (κ2) is 2.97. The second-order valence-corrected chi connectivity index (χ2v) is 4.14. The fourth-order valence-electron chi connectivity index (χ4n) is 1.75. The summed E-state index contributed by atoms with van der Waals surface area (Å²) in [5.41, 5.74) is 0.843. The fraction of sp³-hybridized carbons (Fsp3) is 0. The van der Waals surface area contributed by atoms with Crippen LogP contribution in [0.2, 0.25) is 0 Å². The maximum absolute atomic E-state index is 9.69. The summed E-state index contributed by atoms with van der Waals surface area (Å²) in [7, 11) is 0. The Hall–Kier alpha value is -1.55. The van der Waals surface area contributed by atoms with Gasteiger partial charge in [0.25, 0.3) is 0 Å². The minimum Gasteiger partial charge on any atom is -0.507 e. The fourth-order valence-corrected chi connectivity index (χ4v) is 2.14. The first kappa shape index (κ1) is 8.73. The average molecular weight is 263 g/mol. The quantitative estimate of drug-likeness (QED) is 0.677. The number of aromatic nitrogens is 2. The molecule has 0 aliphatic carbocycles. The van der Waals surface area contributed by atoms with E-state index in [1.165, 1.54) is 0 Å². The van der Waals surface area contributed by atoms with E-state index >= 15 is 0 Å². The summed E-state index contributed by atoms with van der Waals surface area (Å²) in [6.07, 6.45) is 3.63. The van der Waals surface area contributed by atoms with Gasteiger partial charge in [0.1, 0.15) is 16.0 Å². The lowest BCUT2D eigenvalue weighted by molar-refractivity contribution is 0.481. The molecule has 0 radical (unpaired) electrons. The van der Waals surface area contributed by atoms with Gasteiger partial charge in [0.2, 0.25) is 0 Å². The molecule has 0 aliphatic heterocycles. The van der Waals surface area contributed by atoms with E-state index in [1.54, 1.807) is 12.3 Å². The van der Waals surface area contributed by atoms with Crippen LogP contribution < -0.4 is 0 Å². The number of fused-ring (bicyclic) bond motifs is 3. The van der Waals surface area contributed by atoms with Gasteiger partial charge in [-0.1, -0.05) is 12.1 Å². The summed E-state index contributed by atoms with van der Waals surface area (Å²) in [6.45, 7) is 0. The molecule has 2 aromatic heterocycles. The summed E-state index contributed by atoms with van der Waals surface area (Å²) < 4.78 is 2.84. The molecule has 1 aromatic carbocycles. The normalized spacial score (nSPS) is 11.3. The van der Waals surface area contributed by atoms with Crippen molar-refractivity contribution in [3.8, 4) is 5.75 Å².